The van der Waals surface area contributed by atoms with Gasteiger partial charge in [-0.3, -0.25) is 0 Å². The molecule has 0 aliphatic carbocycles. The molecule has 2 N–H and O–H groups in total. The molecule has 1 heterocycles. The average molecular weight is 355 g/mol. The van der Waals surface area contributed by atoms with E-state index in [1.165, 1.54) is 4.88 Å². The van der Waals surface area contributed by atoms with E-state index in [1.54, 1.807) is 11.3 Å². The fourth-order valence-corrected chi connectivity index (χ4v) is 3.40. The van der Waals surface area contributed by atoms with Crippen molar-refractivity contribution < 1.29 is 4.74 Å². The fraction of sp³-hybridized carbons (Fsp3) is 0.333. The number of hydrogen-bond donors (Lipinski definition) is 1. The molecule has 0 unspecified atom stereocenters. The SMILES string of the molecule is CN(CCCOc1ccc(N)cc1)Cc1cc(Br)cs1. The van der Waals surface area contributed by atoms with Crippen LogP contribution in [-0.2, 0) is 6.54 Å². The van der Waals surface area contributed by atoms with Crippen LogP contribution in [0.25, 0.3) is 0 Å². The summed E-state index contributed by atoms with van der Waals surface area (Å²) in [7, 11) is 2.14. The molecule has 0 aliphatic heterocycles. The van der Waals surface area contributed by atoms with Crippen molar-refractivity contribution >= 4 is 33.0 Å². The van der Waals surface area contributed by atoms with E-state index in [9.17, 15) is 0 Å². The lowest BCUT2D eigenvalue weighted by atomic mass is 10.3. The molecule has 0 atom stereocenters. The summed E-state index contributed by atoms with van der Waals surface area (Å²) < 4.78 is 6.84. The number of rotatable bonds is 7. The minimum absolute atomic E-state index is 0.725. The van der Waals surface area contributed by atoms with E-state index >= 15 is 0 Å². The molecule has 0 amide bonds. The molecule has 2 rings (SSSR count). The first-order chi connectivity index (χ1) is 9.63. The highest BCUT2D eigenvalue weighted by molar-refractivity contribution is 9.10. The standard InChI is InChI=1S/C15H19BrN2OS/c1-18(10-15-9-12(16)11-20-15)7-2-8-19-14-5-3-13(17)4-6-14/h3-6,9,11H,2,7-8,10,17H2,1H3. The third kappa shape index (κ3) is 5.15. The normalized spacial score (nSPS) is 10.9. The Morgan fingerprint density at radius 3 is 2.70 bits per heavy atom. The van der Waals surface area contributed by atoms with Crippen LogP contribution < -0.4 is 10.5 Å². The largest absolute Gasteiger partial charge is 0.494 e. The van der Waals surface area contributed by atoms with Crippen LogP contribution in [0.1, 0.15) is 11.3 Å². The zero-order valence-corrected chi connectivity index (χ0v) is 13.9. The zero-order chi connectivity index (χ0) is 14.4. The second-order valence-electron chi connectivity index (χ2n) is 4.74. The van der Waals surface area contributed by atoms with Crippen molar-refractivity contribution in [3.63, 3.8) is 0 Å². The molecule has 1 aromatic heterocycles. The molecular formula is C15H19BrN2OS. The van der Waals surface area contributed by atoms with Gasteiger partial charge in [-0.2, -0.15) is 0 Å². The lowest BCUT2D eigenvalue weighted by molar-refractivity contribution is 0.260. The first-order valence-corrected chi connectivity index (χ1v) is 8.20. The number of hydrogen-bond acceptors (Lipinski definition) is 4. The summed E-state index contributed by atoms with van der Waals surface area (Å²) in [4.78, 5) is 3.68. The molecule has 0 radical (unpaired) electrons. The van der Waals surface area contributed by atoms with E-state index in [1.807, 2.05) is 24.3 Å². The van der Waals surface area contributed by atoms with Crippen molar-refractivity contribution in [2.75, 3.05) is 25.9 Å². The Bertz CT molecular complexity index is 527. The van der Waals surface area contributed by atoms with Crippen LogP contribution in [0.5, 0.6) is 5.75 Å². The first kappa shape index (κ1) is 15.4. The molecule has 0 saturated heterocycles. The molecule has 5 heteroatoms. The van der Waals surface area contributed by atoms with Crippen LogP contribution in [0.2, 0.25) is 0 Å². The monoisotopic (exact) mass is 354 g/mol. The lowest BCUT2D eigenvalue weighted by Crippen LogP contribution is -2.20. The van der Waals surface area contributed by atoms with Gasteiger partial charge in [-0.25, -0.2) is 0 Å². The minimum atomic E-state index is 0.725. The summed E-state index contributed by atoms with van der Waals surface area (Å²) in [5.41, 5.74) is 6.39. The fourth-order valence-electron chi connectivity index (χ4n) is 1.87. The van der Waals surface area contributed by atoms with Gasteiger partial charge < -0.3 is 15.4 Å². The summed E-state index contributed by atoms with van der Waals surface area (Å²) in [5.74, 6) is 0.879. The van der Waals surface area contributed by atoms with E-state index in [4.69, 9.17) is 10.5 Å². The molecule has 108 valence electrons. The van der Waals surface area contributed by atoms with Crippen LogP contribution in [0.4, 0.5) is 5.69 Å². The van der Waals surface area contributed by atoms with Gasteiger partial charge >= 0.3 is 0 Å². The molecular weight excluding hydrogens is 336 g/mol. The summed E-state index contributed by atoms with van der Waals surface area (Å²) in [6.07, 6.45) is 1.01. The number of thiophene rings is 1. The highest BCUT2D eigenvalue weighted by Crippen LogP contribution is 2.20. The number of nitrogen functional groups attached to an aromatic ring is 1. The molecule has 20 heavy (non-hydrogen) atoms. The van der Waals surface area contributed by atoms with Gasteiger partial charge in [0.2, 0.25) is 0 Å². The third-order valence-electron chi connectivity index (χ3n) is 2.88. The summed E-state index contributed by atoms with van der Waals surface area (Å²) in [6.45, 7) is 2.73. The van der Waals surface area contributed by atoms with Crippen molar-refractivity contribution in [3.05, 3.63) is 45.1 Å². The van der Waals surface area contributed by atoms with Gasteiger partial charge in [0.05, 0.1) is 6.61 Å². The van der Waals surface area contributed by atoms with Crippen LogP contribution in [0.15, 0.2) is 40.2 Å². The maximum atomic E-state index is 5.68. The molecule has 1 aromatic carbocycles. The molecule has 0 aliphatic rings. The van der Waals surface area contributed by atoms with Gasteiger partial charge in [-0.15, -0.1) is 11.3 Å². The minimum Gasteiger partial charge on any atom is -0.494 e. The number of anilines is 1. The van der Waals surface area contributed by atoms with Gasteiger partial charge in [0.1, 0.15) is 5.75 Å². The Labute approximate surface area is 132 Å². The van der Waals surface area contributed by atoms with Gasteiger partial charge in [0, 0.05) is 33.5 Å². The maximum absolute atomic E-state index is 5.68. The molecule has 0 fully saturated rings. The van der Waals surface area contributed by atoms with Crippen molar-refractivity contribution in [1.29, 1.82) is 0 Å². The predicted octanol–water partition coefficient (Wildman–Crippen LogP) is 3.99. The van der Waals surface area contributed by atoms with Gasteiger partial charge in [-0.1, -0.05) is 0 Å². The van der Waals surface area contributed by atoms with Crippen molar-refractivity contribution in [2.24, 2.45) is 0 Å². The second-order valence-corrected chi connectivity index (χ2v) is 6.65. The smallest absolute Gasteiger partial charge is 0.119 e. The van der Waals surface area contributed by atoms with E-state index in [0.717, 1.165) is 42.0 Å². The lowest BCUT2D eigenvalue weighted by Gasteiger charge is -2.15. The number of benzene rings is 1. The number of nitrogens with zero attached hydrogens (tertiary/aromatic N) is 1. The maximum Gasteiger partial charge on any atom is 0.119 e. The van der Waals surface area contributed by atoms with Gasteiger partial charge in [0.15, 0.2) is 0 Å². The Morgan fingerprint density at radius 2 is 2.05 bits per heavy atom. The van der Waals surface area contributed by atoms with Crippen LogP contribution >= 0.6 is 27.3 Å². The van der Waals surface area contributed by atoms with E-state index < -0.39 is 0 Å². The summed E-state index contributed by atoms with van der Waals surface area (Å²) >= 11 is 5.26. The summed E-state index contributed by atoms with van der Waals surface area (Å²) in [6, 6.07) is 9.70. The van der Waals surface area contributed by atoms with Crippen molar-refractivity contribution in [2.45, 2.75) is 13.0 Å². The van der Waals surface area contributed by atoms with Crippen molar-refractivity contribution in [1.82, 2.24) is 4.90 Å². The zero-order valence-electron chi connectivity index (χ0n) is 11.5. The Hall–Kier alpha value is -1.04. The number of ether oxygens (including phenoxy) is 1. The van der Waals surface area contributed by atoms with Gasteiger partial charge in [0.25, 0.3) is 0 Å². The van der Waals surface area contributed by atoms with Crippen LogP contribution in [0, 0.1) is 0 Å². The second kappa shape index (κ2) is 7.67. The van der Waals surface area contributed by atoms with Crippen LogP contribution in [0.3, 0.4) is 0 Å². The first-order valence-electron chi connectivity index (χ1n) is 6.53. The quantitative estimate of drug-likeness (QED) is 0.603. The predicted molar refractivity (Wildman–Crippen MR) is 89.3 cm³/mol. The van der Waals surface area contributed by atoms with E-state index in [0.29, 0.717) is 0 Å². The average Bonchev–Trinajstić information content (AvgIpc) is 2.82. The Balaban J connectivity index is 1.64. The highest BCUT2D eigenvalue weighted by atomic mass is 79.9. The number of nitrogens with two attached hydrogens (primary N) is 1. The Morgan fingerprint density at radius 1 is 1.30 bits per heavy atom. The van der Waals surface area contributed by atoms with Crippen molar-refractivity contribution in [3.8, 4) is 5.75 Å². The topological polar surface area (TPSA) is 38.5 Å². The van der Waals surface area contributed by atoms with Gasteiger partial charge in [-0.05, 0) is 59.7 Å². The molecule has 0 spiro atoms. The number of halogens is 1. The molecule has 3 nitrogen and oxygen atoms in total. The molecule has 2 aromatic rings. The molecule has 0 bridgehead atoms. The van der Waals surface area contributed by atoms with E-state index in [-0.39, 0.29) is 0 Å². The summed E-state index contributed by atoms with van der Waals surface area (Å²) in [5, 5.41) is 2.12. The third-order valence-corrected chi connectivity index (χ3v) is 4.56. The molecule has 0 saturated carbocycles. The highest BCUT2D eigenvalue weighted by Gasteiger charge is 2.03. The van der Waals surface area contributed by atoms with E-state index in [2.05, 4.69) is 39.3 Å². The van der Waals surface area contributed by atoms with Crippen LogP contribution in [-0.4, -0.2) is 25.1 Å². The Kier molecular flexibility index (Phi) is 5.88.